The van der Waals surface area contributed by atoms with Crippen LogP contribution in [0.25, 0.3) is 11.5 Å². The number of benzene rings is 2. The fourth-order valence-corrected chi connectivity index (χ4v) is 4.29. The number of hydrogen-bond acceptors (Lipinski definition) is 9. The molecule has 5 rings (SSSR count). The molecular weight excluding hydrogens is 462 g/mol. The van der Waals surface area contributed by atoms with E-state index < -0.39 is 23.4 Å². The molecule has 34 heavy (non-hydrogen) atoms. The molecule has 1 fully saturated rings. The lowest BCUT2D eigenvalue weighted by Gasteiger charge is -2.25. The summed E-state index contributed by atoms with van der Waals surface area (Å²) < 4.78 is 16.2. The SMILES string of the molecule is CCC1(c2ccccc2)NC(=O)N(NC(=O)CSc2nnc(-c3ccc4c(c3)OCO4)o2)C1=O. The number of rotatable bonds is 7. The Kier molecular flexibility index (Phi) is 5.57. The van der Waals surface area contributed by atoms with Crippen LogP contribution in [0, 0.1) is 0 Å². The molecule has 3 heterocycles. The van der Waals surface area contributed by atoms with E-state index in [-0.39, 0.29) is 23.7 Å². The topological polar surface area (TPSA) is 136 Å². The van der Waals surface area contributed by atoms with Crippen LogP contribution in [0.15, 0.2) is 58.2 Å². The Balaban J connectivity index is 1.22. The first-order chi connectivity index (χ1) is 16.5. The van der Waals surface area contributed by atoms with Crippen molar-refractivity contribution < 1.29 is 28.3 Å². The van der Waals surface area contributed by atoms with Gasteiger partial charge in [0.15, 0.2) is 11.5 Å². The van der Waals surface area contributed by atoms with Crippen molar-refractivity contribution in [3.05, 3.63) is 54.1 Å². The molecule has 0 aliphatic carbocycles. The molecule has 174 valence electrons. The molecule has 0 radical (unpaired) electrons. The van der Waals surface area contributed by atoms with E-state index in [9.17, 15) is 14.4 Å². The number of nitrogens with zero attached hydrogens (tertiary/aromatic N) is 3. The third-order valence-electron chi connectivity index (χ3n) is 5.48. The van der Waals surface area contributed by atoms with Crippen LogP contribution in [-0.4, -0.2) is 45.6 Å². The van der Waals surface area contributed by atoms with Gasteiger partial charge in [-0.05, 0) is 30.2 Å². The maximum atomic E-state index is 13.1. The standard InChI is InChI=1S/C22H19N5O6S/c1-2-22(14-6-4-3-5-7-14)19(29)27(20(30)23-22)26-17(28)11-34-21-25-24-18(33-21)13-8-9-15-16(10-13)32-12-31-15/h3-10H,2,11-12H2,1H3,(H,23,30)(H,26,28). The van der Waals surface area contributed by atoms with E-state index in [0.29, 0.717) is 34.1 Å². The third-order valence-corrected chi connectivity index (χ3v) is 6.30. The van der Waals surface area contributed by atoms with Gasteiger partial charge in [-0.3, -0.25) is 15.0 Å². The van der Waals surface area contributed by atoms with E-state index in [4.69, 9.17) is 13.9 Å². The van der Waals surface area contributed by atoms with E-state index in [1.807, 2.05) is 6.07 Å². The maximum absolute atomic E-state index is 13.1. The molecule has 12 heteroatoms. The van der Waals surface area contributed by atoms with E-state index in [2.05, 4.69) is 20.9 Å². The Hall–Kier alpha value is -4.06. The number of hydrogen-bond donors (Lipinski definition) is 2. The van der Waals surface area contributed by atoms with Gasteiger partial charge >= 0.3 is 6.03 Å². The zero-order valence-electron chi connectivity index (χ0n) is 17.9. The van der Waals surface area contributed by atoms with E-state index in [1.54, 1.807) is 49.4 Å². The van der Waals surface area contributed by atoms with Gasteiger partial charge in [0.05, 0.1) is 5.75 Å². The molecule has 0 bridgehead atoms. The number of imide groups is 1. The summed E-state index contributed by atoms with van der Waals surface area (Å²) in [5.74, 6) is 0.199. The number of hydrazine groups is 1. The molecule has 0 spiro atoms. The molecule has 4 amide bonds. The molecule has 2 aliphatic heterocycles. The molecule has 1 saturated heterocycles. The van der Waals surface area contributed by atoms with Crippen molar-refractivity contribution in [1.29, 1.82) is 0 Å². The van der Waals surface area contributed by atoms with Gasteiger partial charge in [-0.2, -0.15) is 5.01 Å². The second-order valence-corrected chi connectivity index (χ2v) is 8.39. The highest BCUT2D eigenvalue weighted by atomic mass is 32.2. The van der Waals surface area contributed by atoms with Crippen molar-refractivity contribution in [1.82, 2.24) is 25.9 Å². The Morgan fingerprint density at radius 1 is 1.15 bits per heavy atom. The minimum absolute atomic E-state index is 0.149. The molecule has 2 N–H and O–H groups in total. The largest absolute Gasteiger partial charge is 0.454 e. The normalized spacial score (nSPS) is 18.8. The minimum atomic E-state index is -1.23. The van der Waals surface area contributed by atoms with Crippen molar-refractivity contribution in [2.45, 2.75) is 24.1 Å². The monoisotopic (exact) mass is 481 g/mol. The number of fused-ring (bicyclic) bond motifs is 1. The van der Waals surface area contributed by atoms with Gasteiger partial charge in [-0.15, -0.1) is 10.2 Å². The summed E-state index contributed by atoms with van der Waals surface area (Å²) in [6.45, 7) is 1.95. The van der Waals surface area contributed by atoms with E-state index in [1.165, 1.54) is 0 Å². The third kappa shape index (κ3) is 3.81. The molecule has 1 atom stereocenters. The van der Waals surface area contributed by atoms with Crippen LogP contribution in [0.4, 0.5) is 4.79 Å². The minimum Gasteiger partial charge on any atom is -0.454 e. The van der Waals surface area contributed by atoms with Crippen LogP contribution in [0.1, 0.15) is 18.9 Å². The molecule has 0 saturated carbocycles. The molecule has 1 aromatic heterocycles. The van der Waals surface area contributed by atoms with Crippen molar-refractivity contribution in [2.75, 3.05) is 12.5 Å². The summed E-state index contributed by atoms with van der Waals surface area (Å²) in [5, 5.41) is 11.5. The smallest absolute Gasteiger partial charge is 0.344 e. The van der Waals surface area contributed by atoms with E-state index >= 15 is 0 Å². The molecule has 1 unspecified atom stereocenters. The van der Waals surface area contributed by atoms with Crippen LogP contribution >= 0.6 is 11.8 Å². The van der Waals surface area contributed by atoms with Gasteiger partial charge in [0.2, 0.25) is 18.6 Å². The quantitative estimate of drug-likeness (QED) is 0.385. The Morgan fingerprint density at radius 2 is 1.94 bits per heavy atom. The highest BCUT2D eigenvalue weighted by Crippen LogP contribution is 2.36. The molecule has 2 aliphatic rings. The van der Waals surface area contributed by atoms with Gasteiger partial charge in [0.1, 0.15) is 5.54 Å². The number of aromatic nitrogens is 2. The zero-order valence-corrected chi connectivity index (χ0v) is 18.8. The average molecular weight is 481 g/mol. The first-order valence-corrected chi connectivity index (χ1v) is 11.4. The summed E-state index contributed by atoms with van der Waals surface area (Å²) in [7, 11) is 0. The Bertz CT molecular complexity index is 1270. The summed E-state index contributed by atoms with van der Waals surface area (Å²) in [4.78, 5) is 38.1. The number of carbonyl (C=O) groups is 3. The van der Waals surface area contributed by atoms with Gasteiger partial charge in [-0.25, -0.2) is 4.79 Å². The fourth-order valence-electron chi connectivity index (χ4n) is 3.74. The number of amides is 4. The van der Waals surface area contributed by atoms with Gasteiger partial charge in [0, 0.05) is 5.56 Å². The summed E-state index contributed by atoms with van der Waals surface area (Å²) >= 11 is 0.979. The first-order valence-electron chi connectivity index (χ1n) is 10.4. The van der Waals surface area contributed by atoms with E-state index in [0.717, 1.165) is 11.8 Å². The summed E-state index contributed by atoms with van der Waals surface area (Å²) in [6.07, 6.45) is 0.327. The number of ether oxygens (including phenoxy) is 2. The molecular formula is C22H19N5O6S. The number of carbonyl (C=O) groups excluding carboxylic acids is 3. The van der Waals surface area contributed by atoms with Crippen LogP contribution in [-0.2, 0) is 15.1 Å². The predicted molar refractivity (Wildman–Crippen MR) is 119 cm³/mol. The maximum Gasteiger partial charge on any atom is 0.344 e. The van der Waals surface area contributed by atoms with Crippen LogP contribution in [0.2, 0.25) is 0 Å². The highest BCUT2D eigenvalue weighted by Gasteiger charge is 2.52. The number of nitrogens with one attached hydrogen (secondary N) is 2. The molecule has 11 nitrogen and oxygen atoms in total. The predicted octanol–water partition coefficient (Wildman–Crippen LogP) is 2.45. The van der Waals surface area contributed by atoms with Gasteiger partial charge in [-0.1, -0.05) is 49.0 Å². The fraction of sp³-hybridized carbons (Fsp3) is 0.227. The lowest BCUT2D eigenvalue weighted by atomic mass is 9.87. The zero-order chi connectivity index (χ0) is 23.7. The lowest BCUT2D eigenvalue weighted by molar-refractivity contribution is -0.138. The number of urea groups is 1. The summed E-state index contributed by atoms with van der Waals surface area (Å²) in [6, 6.07) is 13.4. The van der Waals surface area contributed by atoms with Crippen LogP contribution in [0.5, 0.6) is 11.5 Å². The van der Waals surface area contributed by atoms with Crippen molar-refractivity contribution in [2.24, 2.45) is 0 Å². The Labute approximate surface area is 197 Å². The molecule has 2 aromatic carbocycles. The Morgan fingerprint density at radius 3 is 2.74 bits per heavy atom. The van der Waals surface area contributed by atoms with Crippen molar-refractivity contribution in [3.63, 3.8) is 0 Å². The second kappa shape index (κ2) is 8.71. The highest BCUT2D eigenvalue weighted by molar-refractivity contribution is 7.99. The average Bonchev–Trinajstić information content (AvgIpc) is 3.58. The second-order valence-electron chi connectivity index (χ2n) is 7.46. The van der Waals surface area contributed by atoms with Crippen molar-refractivity contribution >= 4 is 29.6 Å². The molecule has 3 aromatic rings. The van der Waals surface area contributed by atoms with Crippen LogP contribution < -0.4 is 20.2 Å². The summed E-state index contributed by atoms with van der Waals surface area (Å²) in [5.41, 5.74) is 2.42. The van der Waals surface area contributed by atoms with Gasteiger partial charge in [0.25, 0.3) is 11.1 Å². The van der Waals surface area contributed by atoms with Crippen LogP contribution in [0.3, 0.4) is 0 Å². The van der Waals surface area contributed by atoms with Gasteiger partial charge < -0.3 is 19.2 Å². The van der Waals surface area contributed by atoms with Crippen molar-refractivity contribution in [3.8, 4) is 23.0 Å². The first kappa shape index (κ1) is 21.8. The lowest BCUT2D eigenvalue weighted by Crippen LogP contribution is -2.49. The number of thioether (sulfide) groups is 1.